The number of ketones is 1. The van der Waals surface area contributed by atoms with Gasteiger partial charge in [-0.3, -0.25) is 4.79 Å². The second kappa shape index (κ2) is 2.57. The molecule has 14 heavy (non-hydrogen) atoms. The lowest BCUT2D eigenvalue weighted by Crippen LogP contribution is -2.25. The smallest absolute Gasteiger partial charge is 0.183 e. The molecule has 3 rings (SSSR count). The Hall–Kier alpha value is -1.84. The van der Waals surface area contributed by atoms with E-state index in [0.717, 1.165) is 17.0 Å². The molecule has 4 nitrogen and oxygen atoms in total. The highest BCUT2D eigenvalue weighted by Gasteiger charge is 2.14. The van der Waals surface area contributed by atoms with E-state index in [1.54, 1.807) is 6.20 Å². The van der Waals surface area contributed by atoms with Crippen LogP contribution in [0.1, 0.15) is 23.2 Å². The number of hydrogen-bond donors (Lipinski definition) is 0. The van der Waals surface area contributed by atoms with Gasteiger partial charge in [-0.05, 0) is 12.5 Å². The summed E-state index contributed by atoms with van der Waals surface area (Å²) in [6.45, 7) is 0. The number of aromatic nitrogens is 1. The molecule has 0 bridgehead atoms. The SMILES string of the molecule is O=C1CCC=c2nc3c(cc21)=CN=N3. The fourth-order valence-electron chi connectivity index (χ4n) is 1.71. The van der Waals surface area contributed by atoms with Crippen molar-refractivity contribution in [3.8, 4) is 0 Å². The number of azo groups is 1. The normalized spacial score (nSPS) is 17.0. The summed E-state index contributed by atoms with van der Waals surface area (Å²) in [5.41, 5.74) is 0.707. The van der Waals surface area contributed by atoms with Gasteiger partial charge < -0.3 is 0 Å². The van der Waals surface area contributed by atoms with Crippen molar-refractivity contribution in [3.63, 3.8) is 0 Å². The molecule has 1 aromatic rings. The van der Waals surface area contributed by atoms with Gasteiger partial charge in [0.15, 0.2) is 11.6 Å². The van der Waals surface area contributed by atoms with E-state index >= 15 is 0 Å². The zero-order chi connectivity index (χ0) is 9.54. The first-order chi connectivity index (χ1) is 6.84. The minimum absolute atomic E-state index is 0.165. The summed E-state index contributed by atoms with van der Waals surface area (Å²) in [6, 6.07) is 1.83. The average molecular weight is 185 g/mol. The molecule has 1 aliphatic heterocycles. The second-order valence-corrected chi connectivity index (χ2v) is 3.34. The molecule has 0 fully saturated rings. The van der Waals surface area contributed by atoms with Crippen molar-refractivity contribution in [2.24, 2.45) is 10.2 Å². The van der Waals surface area contributed by atoms with Crippen molar-refractivity contribution < 1.29 is 4.79 Å². The van der Waals surface area contributed by atoms with E-state index in [1.165, 1.54) is 0 Å². The molecule has 2 aliphatic rings. The first kappa shape index (κ1) is 7.55. The van der Waals surface area contributed by atoms with Crippen LogP contribution in [0.5, 0.6) is 0 Å². The van der Waals surface area contributed by atoms with Crippen LogP contribution in [0.15, 0.2) is 16.3 Å². The quantitative estimate of drug-likeness (QED) is 0.596. The summed E-state index contributed by atoms with van der Waals surface area (Å²) >= 11 is 0. The summed E-state index contributed by atoms with van der Waals surface area (Å²) in [5, 5.41) is 9.22. The maximum Gasteiger partial charge on any atom is 0.183 e. The Bertz CT molecular complexity index is 572. The highest BCUT2D eigenvalue weighted by molar-refractivity contribution is 5.97. The van der Waals surface area contributed by atoms with Crippen molar-refractivity contribution >= 4 is 23.9 Å². The van der Waals surface area contributed by atoms with E-state index in [0.29, 0.717) is 17.8 Å². The van der Waals surface area contributed by atoms with E-state index in [2.05, 4.69) is 15.2 Å². The summed E-state index contributed by atoms with van der Waals surface area (Å²) in [7, 11) is 0. The summed E-state index contributed by atoms with van der Waals surface area (Å²) in [5.74, 6) is 0.785. The summed E-state index contributed by atoms with van der Waals surface area (Å²) < 4.78 is 0. The number of Topliss-reactive ketones (excluding diaryl/α,β-unsaturated/α-hetero) is 1. The molecular formula is C10H7N3O. The van der Waals surface area contributed by atoms with Gasteiger partial charge in [0, 0.05) is 17.2 Å². The second-order valence-electron chi connectivity index (χ2n) is 3.34. The molecule has 4 heteroatoms. The predicted molar refractivity (Wildman–Crippen MR) is 50.5 cm³/mol. The van der Waals surface area contributed by atoms with Crippen LogP contribution in [0.25, 0.3) is 12.3 Å². The van der Waals surface area contributed by atoms with Gasteiger partial charge in [0.25, 0.3) is 0 Å². The number of rotatable bonds is 0. The molecular weight excluding hydrogens is 178 g/mol. The van der Waals surface area contributed by atoms with Crippen molar-refractivity contribution in [3.05, 3.63) is 22.2 Å². The Labute approximate surface area is 79.7 Å². The molecule has 2 heterocycles. The minimum atomic E-state index is 0.165. The Morgan fingerprint density at radius 1 is 1.36 bits per heavy atom. The maximum atomic E-state index is 11.6. The van der Waals surface area contributed by atoms with Gasteiger partial charge in [0.1, 0.15) is 0 Å². The molecule has 0 saturated carbocycles. The van der Waals surface area contributed by atoms with Crippen LogP contribution in [0.3, 0.4) is 0 Å². The standard InChI is InChI=1S/C10H7N3O/c14-9-3-1-2-8-7(9)4-6-5-11-13-10(6)12-8/h2,4-5H,1,3H2. The zero-order valence-electron chi connectivity index (χ0n) is 7.40. The van der Waals surface area contributed by atoms with Crippen LogP contribution in [0.2, 0.25) is 0 Å². The number of pyridine rings is 1. The monoisotopic (exact) mass is 185 g/mol. The molecule has 1 aliphatic carbocycles. The molecule has 1 aromatic heterocycles. The third-order valence-electron chi connectivity index (χ3n) is 2.42. The van der Waals surface area contributed by atoms with E-state index in [9.17, 15) is 4.79 Å². The van der Waals surface area contributed by atoms with Gasteiger partial charge in [-0.25, -0.2) is 4.98 Å². The lowest BCUT2D eigenvalue weighted by atomic mass is 10.0. The molecule has 0 saturated heterocycles. The van der Waals surface area contributed by atoms with E-state index in [1.807, 2.05) is 12.1 Å². The molecule has 0 N–H and O–H groups in total. The van der Waals surface area contributed by atoms with E-state index in [4.69, 9.17) is 0 Å². The molecule has 0 aromatic carbocycles. The van der Waals surface area contributed by atoms with Gasteiger partial charge in [-0.15, -0.1) is 5.11 Å². The van der Waals surface area contributed by atoms with Gasteiger partial charge in [0.2, 0.25) is 0 Å². The van der Waals surface area contributed by atoms with Crippen molar-refractivity contribution in [2.75, 3.05) is 0 Å². The highest BCUT2D eigenvalue weighted by Crippen LogP contribution is 2.10. The minimum Gasteiger partial charge on any atom is -0.294 e. The Balaban J connectivity index is 2.41. The van der Waals surface area contributed by atoms with Crippen LogP contribution in [-0.4, -0.2) is 10.8 Å². The summed E-state index contributed by atoms with van der Waals surface area (Å²) in [6.07, 6.45) is 4.97. The molecule has 0 atom stereocenters. The number of nitrogens with zero attached hydrogens (tertiary/aromatic N) is 3. The van der Waals surface area contributed by atoms with Crippen molar-refractivity contribution in [1.29, 1.82) is 0 Å². The fraction of sp³-hybridized carbons (Fsp3) is 0.200. The van der Waals surface area contributed by atoms with Crippen molar-refractivity contribution in [1.82, 2.24) is 4.98 Å². The van der Waals surface area contributed by atoms with Crippen LogP contribution in [0.4, 0.5) is 5.82 Å². The van der Waals surface area contributed by atoms with Gasteiger partial charge >= 0.3 is 0 Å². The first-order valence-corrected chi connectivity index (χ1v) is 4.50. The molecule has 0 radical (unpaired) electrons. The third-order valence-corrected chi connectivity index (χ3v) is 2.42. The predicted octanol–water partition coefficient (Wildman–Crippen LogP) is 0.674. The number of fused-ring (bicyclic) bond motifs is 2. The van der Waals surface area contributed by atoms with Crippen molar-refractivity contribution in [2.45, 2.75) is 12.8 Å². The highest BCUT2D eigenvalue weighted by atomic mass is 16.1. The molecule has 0 unspecified atom stereocenters. The van der Waals surface area contributed by atoms with E-state index < -0.39 is 0 Å². The number of carbonyl (C=O) groups excluding carboxylic acids is 1. The maximum absolute atomic E-state index is 11.6. The van der Waals surface area contributed by atoms with E-state index in [-0.39, 0.29) is 5.78 Å². The van der Waals surface area contributed by atoms with Gasteiger partial charge in [0.05, 0.1) is 11.5 Å². The lowest BCUT2D eigenvalue weighted by Gasteiger charge is -2.05. The van der Waals surface area contributed by atoms with Crippen LogP contribution in [-0.2, 0) is 0 Å². The molecule has 0 amide bonds. The van der Waals surface area contributed by atoms with Gasteiger partial charge in [-0.1, -0.05) is 6.08 Å². The topological polar surface area (TPSA) is 54.7 Å². The fourth-order valence-corrected chi connectivity index (χ4v) is 1.71. The zero-order valence-corrected chi connectivity index (χ0v) is 7.40. The largest absolute Gasteiger partial charge is 0.294 e. The Morgan fingerprint density at radius 3 is 3.21 bits per heavy atom. The number of hydrogen-bond acceptors (Lipinski definition) is 4. The Morgan fingerprint density at radius 2 is 2.29 bits per heavy atom. The average Bonchev–Trinajstić information content (AvgIpc) is 2.62. The van der Waals surface area contributed by atoms with Crippen LogP contribution >= 0.6 is 0 Å². The van der Waals surface area contributed by atoms with Crippen LogP contribution < -0.4 is 10.6 Å². The molecule has 0 spiro atoms. The van der Waals surface area contributed by atoms with Crippen LogP contribution in [0, 0.1) is 0 Å². The third kappa shape index (κ3) is 0.937. The molecule has 68 valence electrons. The first-order valence-electron chi connectivity index (χ1n) is 4.50. The number of carbonyl (C=O) groups is 1. The Kier molecular flexibility index (Phi) is 1.39. The summed E-state index contributed by atoms with van der Waals surface area (Å²) in [4.78, 5) is 15.8. The van der Waals surface area contributed by atoms with Gasteiger partial charge in [-0.2, -0.15) is 5.11 Å². The lowest BCUT2D eigenvalue weighted by molar-refractivity contribution is 0.0980.